The molecule has 0 bridgehead atoms. The van der Waals surface area contributed by atoms with Crippen LogP contribution < -0.4 is 10.2 Å². The normalized spacial score (nSPS) is 16.9. The molecule has 0 radical (unpaired) electrons. The van der Waals surface area contributed by atoms with E-state index in [1.807, 2.05) is 30.0 Å². The maximum atomic E-state index is 12.9. The molecule has 3 rings (SSSR count). The van der Waals surface area contributed by atoms with Gasteiger partial charge in [0.2, 0.25) is 5.91 Å². The molecule has 1 aliphatic rings. The first-order valence-corrected chi connectivity index (χ1v) is 10.6. The molecular formula is C20H24N2O3S. The maximum Gasteiger partial charge on any atom is 0.246 e. The minimum absolute atomic E-state index is 0.0196. The van der Waals surface area contributed by atoms with Crippen molar-refractivity contribution in [1.82, 2.24) is 0 Å². The van der Waals surface area contributed by atoms with Gasteiger partial charge in [0, 0.05) is 23.7 Å². The van der Waals surface area contributed by atoms with Crippen molar-refractivity contribution in [3.8, 4) is 0 Å². The number of rotatable bonds is 4. The average molecular weight is 372 g/mol. The molecule has 1 N–H and O–H groups in total. The molecule has 0 unspecified atom stereocenters. The Kier molecular flexibility index (Phi) is 5.05. The standard InChI is InChI=1S/C20H24N2O3S/c1-14-8-11-17(26(3,24)25)12-18(14)21-13-20(23)22-15(2)9-10-16-6-4-5-7-19(16)22/h4-8,11-12,15,21H,9-10,13H2,1-3H3/t15-/m0/s1. The van der Waals surface area contributed by atoms with E-state index in [1.165, 1.54) is 11.8 Å². The second-order valence-electron chi connectivity index (χ2n) is 6.88. The Morgan fingerprint density at radius 1 is 1.23 bits per heavy atom. The molecule has 2 aromatic carbocycles. The molecule has 26 heavy (non-hydrogen) atoms. The van der Waals surface area contributed by atoms with E-state index in [4.69, 9.17) is 0 Å². The summed E-state index contributed by atoms with van der Waals surface area (Å²) in [7, 11) is -3.29. The molecule has 138 valence electrons. The Hall–Kier alpha value is -2.34. The first kappa shape index (κ1) is 18.5. The summed E-state index contributed by atoms with van der Waals surface area (Å²) in [5.74, 6) is -0.0196. The van der Waals surface area contributed by atoms with Crippen LogP contribution in [0.1, 0.15) is 24.5 Å². The summed E-state index contributed by atoms with van der Waals surface area (Å²) in [6.45, 7) is 4.06. The summed E-state index contributed by atoms with van der Waals surface area (Å²) in [5.41, 5.74) is 3.73. The van der Waals surface area contributed by atoms with Crippen molar-refractivity contribution in [2.45, 2.75) is 37.6 Å². The topological polar surface area (TPSA) is 66.5 Å². The number of nitrogens with zero attached hydrogens (tertiary/aromatic N) is 1. The van der Waals surface area contributed by atoms with Crippen LogP contribution in [0.4, 0.5) is 11.4 Å². The Bertz CT molecular complexity index is 938. The minimum Gasteiger partial charge on any atom is -0.376 e. The lowest BCUT2D eigenvalue weighted by atomic mass is 9.96. The van der Waals surface area contributed by atoms with Crippen LogP contribution in [0.2, 0.25) is 0 Å². The van der Waals surface area contributed by atoms with Gasteiger partial charge in [-0.25, -0.2) is 8.42 Å². The average Bonchev–Trinajstić information content (AvgIpc) is 2.59. The fraction of sp³-hybridized carbons (Fsp3) is 0.350. The fourth-order valence-corrected chi connectivity index (χ4v) is 3.99. The summed E-state index contributed by atoms with van der Waals surface area (Å²) in [5, 5.41) is 3.12. The summed E-state index contributed by atoms with van der Waals surface area (Å²) < 4.78 is 23.5. The van der Waals surface area contributed by atoms with Gasteiger partial charge < -0.3 is 10.2 Å². The molecule has 2 aromatic rings. The molecule has 5 nitrogen and oxygen atoms in total. The smallest absolute Gasteiger partial charge is 0.246 e. The van der Waals surface area contributed by atoms with Crippen molar-refractivity contribution in [1.29, 1.82) is 0 Å². The Labute approximate surface area is 154 Å². The Balaban J connectivity index is 1.80. The first-order chi connectivity index (χ1) is 12.3. The molecule has 1 atom stereocenters. The molecule has 0 saturated heterocycles. The van der Waals surface area contributed by atoms with E-state index in [1.54, 1.807) is 18.2 Å². The Morgan fingerprint density at radius 2 is 1.96 bits per heavy atom. The highest BCUT2D eigenvalue weighted by atomic mass is 32.2. The van der Waals surface area contributed by atoms with Gasteiger partial charge in [-0.1, -0.05) is 24.3 Å². The zero-order chi connectivity index (χ0) is 18.9. The highest BCUT2D eigenvalue weighted by Crippen LogP contribution is 2.30. The molecule has 0 fully saturated rings. The van der Waals surface area contributed by atoms with Crippen LogP contribution in [0.3, 0.4) is 0 Å². The number of carbonyl (C=O) groups is 1. The number of sulfone groups is 1. The summed E-state index contributed by atoms with van der Waals surface area (Å²) in [6.07, 6.45) is 3.09. The monoisotopic (exact) mass is 372 g/mol. The molecule has 1 aliphatic heterocycles. The second kappa shape index (κ2) is 7.11. The number of amides is 1. The molecule has 0 spiro atoms. The lowest BCUT2D eigenvalue weighted by molar-refractivity contribution is -0.117. The van der Waals surface area contributed by atoms with Crippen molar-refractivity contribution in [2.24, 2.45) is 0 Å². The number of fused-ring (bicyclic) bond motifs is 1. The van der Waals surface area contributed by atoms with Gasteiger partial charge in [0.05, 0.1) is 11.4 Å². The van der Waals surface area contributed by atoms with Crippen LogP contribution >= 0.6 is 0 Å². The van der Waals surface area contributed by atoms with E-state index in [0.717, 1.165) is 24.1 Å². The maximum absolute atomic E-state index is 12.9. The van der Waals surface area contributed by atoms with Crippen molar-refractivity contribution in [2.75, 3.05) is 23.0 Å². The highest BCUT2D eigenvalue weighted by Gasteiger charge is 2.27. The van der Waals surface area contributed by atoms with Gasteiger partial charge in [-0.05, 0) is 56.0 Å². The van der Waals surface area contributed by atoms with E-state index >= 15 is 0 Å². The van der Waals surface area contributed by atoms with Crippen LogP contribution in [-0.2, 0) is 21.1 Å². The predicted molar refractivity (Wildman–Crippen MR) is 104 cm³/mol. The number of hydrogen-bond acceptors (Lipinski definition) is 4. The van der Waals surface area contributed by atoms with E-state index in [2.05, 4.69) is 18.3 Å². The molecule has 1 heterocycles. The zero-order valence-electron chi connectivity index (χ0n) is 15.3. The largest absolute Gasteiger partial charge is 0.376 e. The summed E-state index contributed by atoms with van der Waals surface area (Å²) in [4.78, 5) is 15.0. The van der Waals surface area contributed by atoms with Gasteiger partial charge in [-0.15, -0.1) is 0 Å². The number of hydrogen-bond donors (Lipinski definition) is 1. The molecule has 0 saturated carbocycles. The van der Waals surface area contributed by atoms with Gasteiger partial charge in [0.1, 0.15) is 0 Å². The predicted octanol–water partition coefficient (Wildman–Crippen LogP) is 3.18. The zero-order valence-corrected chi connectivity index (χ0v) is 16.1. The van der Waals surface area contributed by atoms with Gasteiger partial charge in [0.15, 0.2) is 9.84 Å². The van der Waals surface area contributed by atoms with Crippen molar-refractivity contribution in [3.05, 3.63) is 53.6 Å². The molecular weight excluding hydrogens is 348 g/mol. The van der Waals surface area contributed by atoms with Crippen molar-refractivity contribution in [3.63, 3.8) is 0 Å². The fourth-order valence-electron chi connectivity index (χ4n) is 3.35. The van der Waals surface area contributed by atoms with Crippen LogP contribution in [0, 0.1) is 6.92 Å². The van der Waals surface area contributed by atoms with E-state index in [9.17, 15) is 13.2 Å². The highest BCUT2D eigenvalue weighted by molar-refractivity contribution is 7.90. The lowest BCUT2D eigenvalue weighted by Crippen LogP contribution is -2.44. The number of nitrogens with one attached hydrogen (secondary N) is 1. The minimum atomic E-state index is -3.29. The van der Waals surface area contributed by atoms with E-state index in [0.29, 0.717) is 5.69 Å². The third-order valence-corrected chi connectivity index (χ3v) is 5.97. The Morgan fingerprint density at radius 3 is 2.69 bits per heavy atom. The van der Waals surface area contributed by atoms with Gasteiger partial charge >= 0.3 is 0 Å². The van der Waals surface area contributed by atoms with Crippen LogP contribution in [-0.4, -0.2) is 33.2 Å². The second-order valence-corrected chi connectivity index (χ2v) is 8.90. The number of benzene rings is 2. The van der Waals surface area contributed by atoms with Crippen LogP contribution in [0.15, 0.2) is 47.4 Å². The lowest BCUT2D eigenvalue weighted by Gasteiger charge is -2.35. The molecule has 0 aromatic heterocycles. The number of aryl methyl sites for hydroxylation is 2. The third-order valence-electron chi connectivity index (χ3n) is 4.86. The van der Waals surface area contributed by atoms with Crippen molar-refractivity contribution >= 4 is 27.1 Å². The summed E-state index contributed by atoms with van der Waals surface area (Å²) >= 11 is 0. The van der Waals surface area contributed by atoms with Gasteiger partial charge in [0.25, 0.3) is 0 Å². The molecule has 1 amide bonds. The van der Waals surface area contributed by atoms with Crippen molar-refractivity contribution < 1.29 is 13.2 Å². The first-order valence-electron chi connectivity index (χ1n) is 8.72. The number of anilines is 2. The van der Waals surface area contributed by atoms with E-state index < -0.39 is 9.84 Å². The molecule has 0 aliphatic carbocycles. The SMILES string of the molecule is Cc1ccc(S(C)(=O)=O)cc1NCC(=O)N1c2ccccc2CC[C@@H]1C. The van der Waals surface area contributed by atoms with E-state index in [-0.39, 0.29) is 23.4 Å². The van der Waals surface area contributed by atoms with Gasteiger partial charge in [-0.2, -0.15) is 0 Å². The third kappa shape index (κ3) is 3.75. The number of carbonyl (C=O) groups excluding carboxylic acids is 1. The summed E-state index contributed by atoms with van der Waals surface area (Å²) in [6, 6.07) is 13.1. The quantitative estimate of drug-likeness (QED) is 0.895. The molecule has 6 heteroatoms. The number of para-hydroxylation sites is 1. The van der Waals surface area contributed by atoms with Gasteiger partial charge in [-0.3, -0.25) is 4.79 Å². The van der Waals surface area contributed by atoms with Crippen LogP contribution in [0.25, 0.3) is 0 Å². The van der Waals surface area contributed by atoms with Crippen LogP contribution in [0.5, 0.6) is 0 Å².